The van der Waals surface area contributed by atoms with Crippen molar-refractivity contribution in [3.05, 3.63) is 72.1 Å². The second-order valence-electron chi connectivity index (χ2n) is 15.0. The zero-order valence-electron chi connectivity index (χ0n) is 30.3. The second kappa shape index (κ2) is 13.8. The fourth-order valence-corrected chi connectivity index (χ4v) is 8.69. The van der Waals surface area contributed by atoms with Crippen molar-refractivity contribution in [1.29, 1.82) is 0 Å². The van der Waals surface area contributed by atoms with Crippen LogP contribution < -0.4 is 4.90 Å². The number of hydrogen-bond donors (Lipinski definition) is 1. The summed E-state index contributed by atoms with van der Waals surface area (Å²) in [4.78, 5) is 44.1. The highest BCUT2D eigenvalue weighted by molar-refractivity contribution is 5.97. The number of pyridine rings is 1. The number of hydrogen-bond acceptors (Lipinski definition) is 9. The number of carbonyl (C=O) groups is 2. The molecule has 4 aromatic heterocycles. The minimum Gasteiger partial charge on any atom is -0.478 e. The molecule has 0 spiro atoms. The molecule has 0 bridgehead atoms. The zero-order chi connectivity index (χ0) is 36.1. The number of piperidine rings is 2. The van der Waals surface area contributed by atoms with Gasteiger partial charge in [-0.3, -0.25) is 19.1 Å². The maximum Gasteiger partial charge on any atom is 0.338 e. The molecular weight excluding hydrogens is 656 g/mol. The summed E-state index contributed by atoms with van der Waals surface area (Å²) in [6.07, 6.45) is 11.4. The topological polar surface area (TPSA) is 138 Å². The average Bonchev–Trinajstić information content (AvgIpc) is 3.76. The normalized spacial score (nSPS) is 21.4. The van der Waals surface area contributed by atoms with Gasteiger partial charge in [0.05, 0.1) is 29.2 Å². The van der Waals surface area contributed by atoms with Crippen molar-refractivity contribution in [2.75, 3.05) is 44.2 Å². The van der Waals surface area contributed by atoms with E-state index in [1.807, 2.05) is 30.5 Å². The molecule has 13 nitrogen and oxygen atoms in total. The molecular formula is C39H46N10O3. The smallest absolute Gasteiger partial charge is 0.338 e. The van der Waals surface area contributed by atoms with E-state index < -0.39 is 5.97 Å². The molecule has 2 saturated heterocycles. The number of aromatic carboxylic acids is 1. The highest BCUT2D eigenvalue weighted by atomic mass is 16.4. The first-order chi connectivity index (χ1) is 25.1. The minimum absolute atomic E-state index is 0.0938. The fraction of sp³-hybridized carbons (Fsp3) is 0.462. The lowest BCUT2D eigenvalue weighted by Crippen LogP contribution is -2.50. The van der Waals surface area contributed by atoms with Gasteiger partial charge in [-0.25, -0.2) is 14.8 Å². The molecule has 270 valence electrons. The Morgan fingerprint density at radius 3 is 2.38 bits per heavy atom. The van der Waals surface area contributed by atoms with Crippen LogP contribution in [0.25, 0.3) is 33.3 Å². The van der Waals surface area contributed by atoms with E-state index in [1.54, 1.807) is 11.6 Å². The Bertz CT molecular complexity index is 2100. The molecule has 3 aliphatic rings. The summed E-state index contributed by atoms with van der Waals surface area (Å²) >= 11 is 0. The predicted molar refractivity (Wildman–Crippen MR) is 198 cm³/mol. The van der Waals surface area contributed by atoms with Crippen LogP contribution >= 0.6 is 0 Å². The van der Waals surface area contributed by atoms with E-state index in [0.29, 0.717) is 42.8 Å². The van der Waals surface area contributed by atoms with E-state index in [9.17, 15) is 14.7 Å². The summed E-state index contributed by atoms with van der Waals surface area (Å²) < 4.78 is 4.10. The van der Waals surface area contributed by atoms with Crippen molar-refractivity contribution in [2.45, 2.75) is 52.6 Å². The standard InChI is InChI=1S/C39H46N10O3/c1-24-19-48(39-41-15-28(16-42-39)38(51)52)20-25(2)33(24)22-46-11-8-30(9-12-46)49-36-10-13-47(26(3)50)23-34(36)37(44-49)31-7-5-6-27-14-35(40-18-32(27)31)29-17-43-45(4)21-29/h5-7,14-18,21,24-25,30,33H,8-13,19-20,22-23H2,1-4H3,(H,51,52)/t24-,25+,33?. The van der Waals surface area contributed by atoms with Crippen molar-refractivity contribution < 1.29 is 14.7 Å². The summed E-state index contributed by atoms with van der Waals surface area (Å²) in [5.74, 6) is 1.13. The van der Waals surface area contributed by atoms with E-state index in [1.165, 1.54) is 18.1 Å². The third-order valence-electron chi connectivity index (χ3n) is 11.6. The van der Waals surface area contributed by atoms with E-state index in [0.717, 1.165) is 90.8 Å². The number of carbonyl (C=O) groups excluding carboxylic acids is 1. The van der Waals surface area contributed by atoms with Gasteiger partial charge >= 0.3 is 5.97 Å². The van der Waals surface area contributed by atoms with Crippen LogP contribution in [0.1, 0.15) is 61.3 Å². The number of likely N-dealkylation sites (tertiary alicyclic amines) is 1. The second-order valence-corrected chi connectivity index (χ2v) is 15.0. The number of amides is 1. The Morgan fingerprint density at radius 2 is 1.71 bits per heavy atom. The van der Waals surface area contributed by atoms with Crippen molar-refractivity contribution in [2.24, 2.45) is 24.8 Å². The van der Waals surface area contributed by atoms with Gasteiger partial charge in [0.1, 0.15) is 0 Å². The van der Waals surface area contributed by atoms with Crippen LogP contribution in [0.3, 0.4) is 0 Å². The van der Waals surface area contributed by atoms with Crippen LogP contribution in [0.5, 0.6) is 0 Å². The zero-order valence-corrected chi connectivity index (χ0v) is 30.3. The molecule has 52 heavy (non-hydrogen) atoms. The SMILES string of the molecule is CC(=O)N1CCc2c(c(-c3cccc4cc(-c5cnn(C)c5)ncc34)nn2C2CCN(CC3[C@H](C)CN(c4ncc(C(=O)O)cn4)C[C@@H]3C)CC2)C1. The molecule has 5 aromatic rings. The van der Waals surface area contributed by atoms with Crippen LogP contribution in [0.2, 0.25) is 0 Å². The molecule has 1 amide bonds. The number of aromatic nitrogens is 7. The lowest BCUT2D eigenvalue weighted by molar-refractivity contribution is -0.129. The van der Waals surface area contributed by atoms with Crippen molar-refractivity contribution in [3.63, 3.8) is 0 Å². The summed E-state index contributed by atoms with van der Waals surface area (Å²) in [5.41, 5.74) is 6.40. The lowest BCUT2D eigenvalue weighted by Gasteiger charge is -2.44. The van der Waals surface area contributed by atoms with Crippen LogP contribution in [-0.2, 0) is 24.8 Å². The molecule has 0 radical (unpaired) electrons. The van der Waals surface area contributed by atoms with Crippen molar-refractivity contribution in [3.8, 4) is 22.5 Å². The molecule has 1 aromatic carbocycles. The first kappa shape index (κ1) is 33.9. The molecule has 0 aliphatic carbocycles. The molecule has 13 heteroatoms. The van der Waals surface area contributed by atoms with E-state index in [-0.39, 0.29) is 11.5 Å². The number of carboxylic acid groups (broad SMARTS) is 1. The molecule has 1 N–H and O–H groups in total. The quantitative estimate of drug-likeness (QED) is 0.248. The largest absolute Gasteiger partial charge is 0.478 e. The first-order valence-corrected chi connectivity index (χ1v) is 18.4. The summed E-state index contributed by atoms with van der Waals surface area (Å²) in [6.45, 7) is 12.4. The van der Waals surface area contributed by atoms with Crippen LogP contribution in [0, 0.1) is 17.8 Å². The van der Waals surface area contributed by atoms with Crippen molar-refractivity contribution >= 4 is 28.6 Å². The van der Waals surface area contributed by atoms with Crippen LogP contribution in [0.15, 0.2) is 55.2 Å². The van der Waals surface area contributed by atoms with Gasteiger partial charge in [0.25, 0.3) is 0 Å². The average molecular weight is 703 g/mol. The van der Waals surface area contributed by atoms with Gasteiger partial charge in [-0.2, -0.15) is 10.2 Å². The van der Waals surface area contributed by atoms with E-state index in [4.69, 9.17) is 10.1 Å². The number of carboxylic acids is 1. The van der Waals surface area contributed by atoms with Crippen LogP contribution in [-0.4, -0.2) is 101 Å². The highest BCUT2D eigenvalue weighted by Crippen LogP contribution is 2.38. The summed E-state index contributed by atoms with van der Waals surface area (Å²) in [6, 6.07) is 8.78. The Kier molecular flexibility index (Phi) is 8.98. The number of aryl methyl sites for hydroxylation is 1. The van der Waals surface area contributed by atoms with Gasteiger partial charge in [-0.15, -0.1) is 0 Å². The Hall–Kier alpha value is -5.17. The van der Waals surface area contributed by atoms with Gasteiger partial charge in [0, 0.05) is 119 Å². The van der Waals surface area contributed by atoms with Gasteiger partial charge in [-0.1, -0.05) is 32.0 Å². The molecule has 3 aliphatic heterocycles. The van der Waals surface area contributed by atoms with Gasteiger partial charge in [-0.05, 0) is 42.0 Å². The Balaban J connectivity index is 0.995. The molecule has 8 rings (SSSR count). The maximum atomic E-state index is 12.6. The highest BCUT2D eigenvalue weighted by Gasteiger charge is 2.36. The number of fused-ring (bicyclic) bond motifs is 2. The van der Waals surface area contributed by atoms with Gasteiger partial charge in [0.15, 0.2) is 0 Å². The number of anilines is 1. The monoisotopic (exact) mass is 702 g/mol. The number of nitrogens with zero attached hydrogens (tertiary/aromatic N) is 10. The van der Waals surface area contributed by atoms with E-state index in [2.05, 4.69) is 67.7 Å². The number of rotatable bonds is 7. The van der Waals surface area contributed by atoms with Gasteiger partial charge in [0.2, 0.25) is 11.9 Å². The molecule has 1 unspecified atom stereocenters. The summed E-state index contributed by atoms with van der Waals surface area (Å²) in [7, 11) is 1.91. The number of benzene rings is 1. The molecule has 2 fully saturated rings. The predicted octanol–water partition coefficient (Wildman–Crippen LogP) is 4.94. The molecule has 0 saturated carbocycles. The van der Waals surface area contributed by atoms with Gasteiger partial charge < -0.3 is 19.8 Å². The van der Waals surface area contributed by atoms with Crippen LogP contribution in [0.4, 0.5) is 5.95 Å². The first-order valence-electron chi connectivity index (χ1n) is 18.4. The summed E-state index contributed by atoms with van der Waals surface area (Å²) in [5, 5.41) is 21.1. The Morgan fingerprint density at radius 1 is 0.962 bits per heavy atom. The van der Waals surface area contributed by atoms with Crippen molar-refractivity contribution in [1.82, 2.24) is 44.3 Å². The molecule has 3 atom stereocenters. The molecule has 7 heterocycles. The maximum absolute atomic E-state index is 12.6. The fourth-order valence-electron chi connectivity index (χ4n) is 8.69. The lowest BCUT2D eigenvalue weighted by atomic mass is 9.79. The third kappa shape index (κ3) is 6.42. The third-order valence-corrected chi connectivity index (χ3v) is 11.6. The Labute approximate surface area is 303 Å². The minimum atomic E-state index is -1.01. The van der Waals surface area contributed by atoms with E-state index >= 15 is 0 Å².